The molecule has 2 aliphatic rings. The zero-order chi connectivity index (χ0) is 10.6. The molecule has 0 aromatic rings. The number of rotatable bonds is 0. The maximum Gasteiger partial charge on any atom is 0.102 e. The van der Waals surface area contributed by atoms with Crippen LogP contribution in [-0.4, -0.2) is 24.4 Å². The van der Waals surface area contributed by atoms with Gasteiger partial charge >= 0.3 is 0 Å². The van der Waals surface area contributed by atoms with Crippen molar-refractivity contribution in [2.24, 2.45) is 11.5 Å². The molecule has 0 bridgehead atoms. The molecule has 0 unspecified atom stereocenters. The quantitative estimate of drug-likeness (QED) is 0.716. The van der Waals surface area contributed by atoms with Crippen LogP contribution in [0.2, 0.25) is 0 Å². The van der Waals surface area contributed by atoms with Gasteiger partial charge in [0.05, 0.1) is 0 Å². The van der Waals surface area contributed by atoms with Gasteiger partial charge in [-0.15, -0.1) is 24.8 Å². The Bertz CT molecular complexity index is 141. The van der Waals surface area contributed by atoms with Crippen LogP contribution in [0.3, 0.4) is 0 Å². The van der Waals surface area contributed by atoms with Gasteiger partial charge < -0.3 is 11.5 Å². The van der Waals surface area contributed by atoms with E-state index in [0.717, 1.165) is 12.8 Å². The smallest absolute Gasteiger partial charge is 0.102 e. The Balaban J connectivity index is 0. The first-order valence-electron chi connectivity index (χ1n) is 5.37. The summed E-state index contributed by atoms with van der Waals surface area (Å²) in [4.78, 5) is 0. The highest BCUT2D eigenvalue weighted by Crippen LogP contribution is 2.19. The molecular weight excluding hydrogens is 257 g/mol. The normalized spacial score (nSPS) is 36.8. The van der Waals surface area contributed by atoms with Gasteiger partial charge in [-0.05, 0) is 38.5 Å². The van der Waals surface area contributed by atoms with Gasteiger partial charge in [0.15, 0.2) is 0 Å². The van der Waals surface area contributed by atoms with Crippen LogP contribution >= 0.6 is 24.8 Å². The summed E-state index contributed by atoms with van der Waals surface area (Å²) in [6, 6.07) is 0.296. The fourth-order valence-electron chi connectivity index (χ4n) is 1.92. The first-order chi connectivity index (χ1) is 6.58. The molecule has 100 valence electrons. The lowest BCUT2D eigenvalue weighted by Gasteiger charge is -1.94. The van der Waals surface area contributed by atoms with Crippen LogP contribution < -0.4 is 11.5 Å². The minimum Gasteiger partial charge on any atom is -0.328 e. The monoisotopic (exact) mass is 278 g/mol. The summed E-state index contributed by atoms with van der Waals surface area (Å²) in [6.45, 7) is 0. The SMILES string of the molecule is Cl.Cl.N[C@@H]1CC[C@@H](F)C1.N[C@H]1CC[C@H](F)C1. The van der Waals surface area contributed by atoms with E-state index < -0.39 is 12.3 Å². The van der Waals surface area contributed by atoms with Gasteiger partial charge in [0.1, 0.15) is 12.3 Å². The lowest BCUT2D eigenvalue weighted by molar-refractivity contribution is 0.339. The maximum absolute atomic E-state index is 12.1. The van der Waals surface area contributed by atoms with Crippen LogP contribution in [0.1, 0.15) is 38.5 Å². The summed E-state index contributed by atoms with van der Waals surface area (Å²) in [5.74, 6) is 0. The molecule has 0 aliphatic heterocycles. The minimum atomic E-state index is -0.602. The summed E-state index contributed by atoms with van der Waals surface area (Å²) in [7, 11) is 0. The van der Waals surface area contributed by atoms with Crippen LogP contribution in [-0.2, 0) is 0 Å². The second-order valence-corrected chi connectivity index (χ2v) is 4.34. The molecule has 16 heavy (non-hydrogen) atoms. The second-order valence-electron chi connectivity index (χ2n) is 4.34. The molecule has 0 amide bonds. The summed E-state index contributed by atoms with van der Waals surface area (Å²) in [5.41, 5.74) is 10.8. The lowest BCUT2D eigenvalue weighted by Crippen LogP contribution is -2.14. The average Bonchev–Trinajstić information content (AvgIpc) is 2.63. The van der Waals surface area contributed by atoms with Gasteiger partial charge in [-0.3, -0.25) is 0 Å². The van der Waals surface area contributed by atoms with Gasteiger partial charge in [0, 0.05) is 12.1 Å². The number of hydrogen-bond acceptors (Lipinski definition) is 2. The number of nitrogens with two attached hydrogens (primary N) is 2. The van der Waals surface area contributed by atoms with Crippen molar-refractivity contribution in [2.75, 3.05) is 0 Å². The highest BCUT2D eigenvalue weighted by molar-refractivity contribution is 5.85. The molecule has 6 heteroatoms. The Labute approximate surface area is 108 Å². The average molecular weight is 279 g/mol. The Kier molecular flexibility index (Phi) is 11.0. The molecule has 0 heterocycles. The molecule has 0 spiro atoms. The molecule has 0 aromatic carbocycles. The molecule has 4 N–H and O–H groups in total. The molecular formula is C10H22Cl2F2N2. The molecule has 0 saturated heterocycles. The van der Waals surface area contributed by atoms with Gasteiger partial charge in [0.2, 0.25) is 0 Å². The Morgan fingerprint density at radius 3 is 1.06 bits per heavy atom. The van der Waals surface area contributed by atoms with E-state index in [1.165, 1.54) is 0 Å². The highest BCUT2D eigenvalue weighted by atomic mass is 35.5. The maximum atomic E-state index is 12.1. The number of alkyl halides is 2. The number of hydrogen-bond donors (Lipinski definition) is 2. The van der Waals surface area contributed by atoms with Gasteiger partial charge in [0.25, 0.3) is 0 Å². The zero-order valence-corrected chi connectivity index (χ0v) is 10.9. The van der Waals surface area contributed by atoms with Gasteiger partial charge in [-0.25, -0.2) is 8.78 Å². The lowest BCUT2D eigenvalue weighted by atomic mass is 10.3. The van der Waals surface area contributed by atoms with Crippen molar-refractivity contribution in [1.82, 2.24) is 0 Å². The highest BCUT2D eigenvalue weighted by Gasteiger charge is 2.20. The fraction of sp³-hybridized carbons (Fsp3) is 1.00. The van der Waals surface area contributed by atoms with E-state index in [4.69, 9.17) is 11.5 Å². The predicted molar refractivity (Wildman–Crippen MR) is 67.9 cm³/mol. The zero-order valence-electron chi connectivity index (χ0n) is 9.28. The van der Waals surface area contributed by atoms with E-state index in [9.17, 15) is 8.78 Å². The summed E-state index contributed by atoms with van der Waals surface area (Å²) >= 11 is 0. The molecule has 0 aromatic heterocycles. The van der Waals surface area contributed by atoms with Crippen molar-refractivity contribution in [1.29, 1.82) is 0 Å². The predicted octanol–water partition coefficient (Wildman–Crippen LogP) is 2.52. The van der Waals surface area contributed by atoms with Gasteiger partial charge in [-0.1, -0.05) is 0 Å². The van der Waals surface area contributed by atoms with E-state index in [0.29, 0.717) is 25.7 Å². The van der Waals surface area contributed by atoms with Crippen molar-refractivity contribution >= 4 is 24.8 Å². The Morgan fingerprint density at radius 2 is 1.00 bits per heavy atom. The largest absolute Gasteiger partial charge is 0.328 e. The van der Waals surface area contributed by atoms with Crippen molar-refractivity contribution in [3.63, 3.8) is 0 Å². The molecule has 2 nitrogen and oxygen atoms in total. The summed E-state index contributed by atoms with van der Waals surface area (Å²) < 4.78 is 24.2. The van der Waals surface area contributed by atoms with Crippen molar-refractivity contribution in [2.45, 2.75) is 63.0 Å². The minimum absolute atomic E-state index is 0. The molecule has 2 saturated carbocycles. The number of halogens is 4. The van der Waals surface area contributed by atoms with E-state index in [1.807, 2.05) is 0 Å². The van der Waals surface area contributed by atoms with Crippen LogP contribution in [0, 0.1) is 0 Å². The third-order valence-corrected chi connectivity index (χ3v) is 2.82. The fourth-order valence-corrected chi connectivity index (χ4v) is 1.92. The second kappa shape index (κ2) is 9.40. The molecule has 2 fully saturated rings. The van der Waals surface area contributed by atoms with E-state index in [-0.39, 0.29) is 36.9 Å². The Hall–Kier alpha value is 0.360. The first-order valence-corrected chi connectivity index (χ1v) is 5.37. The van der Waals surface area contributed by atoms with Crippen molar-refractivity contribution < 1.29 is 8.78 Å². The van der Waals surface area contributed by atoms with Crippen molar-refractivity contribution in [3.8, 4) is 0 Å². The van der Waals surface area contributed by atoms with Crippen LogP contribution in [0.15, 0.2) is 0 Å². The third-order valence-electron chi connectivity index (χ3n) is 2.82. The topological polar surface area (TPSA) is 52.0 Å². The third kappa shape index (κ3) is 7.60. The summed E-state index contributed by atoms with van der Waals surface area (Å²) in [5, 5.41) is 0. The van der Waals surface area contributed by atoms with E-state index in [2.05, 4.69) is 0 Å². The standard InChI is InChI=1S/2C5H10FN.2ClH/c2*6-4-1-2-5(7)3-4;;/h2*4-5H,1-3,7H2;2*1H/t2*4-,5-;;/m10../s1. The van der Waals surface area contributed by atoms with E-state index in [1.54, 1.807) is 0 Å². The molecule has 2 aliphatic carbocycles. The summed E-state index contributed by atoms with van der Waals surface area (Å²) in [6.07, 6.45) is 3.08. The molecule has 4 atom stereocenters. The van der Waals surface area contributed by atoms with Crippen LogP contribution in [0.5, 0.6) is 0 Å². The van der Waals surface area contributed by atoms with Crippen molar-refractivity contribution in [3.05, 3.63) is 0 Å². The van der Waals surface area contributed by atoms with Gasteiger partial charge in [-0.2, -0.15) is 0 Å². The van der Waals surface area contributed by atoms with Crippen LogP contribution in [0.25, 0.3) is 0 Å². The molecule has 0 radical (unpaired) electrons. The van der Waals surface area contributed by atoms with Crippen LogP contribution in [0.4, 0.5) is 8.78 Å². The molecule has 2 rings (SSSR count). The van der Waals surface area contributed by atoms with E-state index >= 15 is 0 Å². The first kappa shape index (κ1) is 18.7. The Morgan fingerprint density at radius 1 is 0.688 bits per heavy atom.